The predicted molar refractivity (Wildman–Crippen MR) is 75.5 cm³/mol. The molecule has 0 saturated heterocycles. The van der Waals surface area contributed by atoms with Gasteiger partial charge in [-0.2, -0.15) is 0 Å². The monoisotopic (exact) mass is 263 g/mol. The SMILES string of the molecule is Cc1cc(NC(=O)C(C)C(C)C)cc(C(=O)O)c1C. The first kappa shape index (κ1) is 15.2. The first-order chi connectivity index (χ1) is 8.73. The van der Waals surface area contributed by atoms with Crippen LogP contribution in [-0.4, -0.2) is 17.0 Å². The average molecular weight is 263 g/mol. The summed E-state index contributed by atoms with van der Waals surface area (Å²) in [6, 6.07) is 3.31. The molecule has 1 aromatic carbocycles. The number of carboxylic acids is 1. The number of aryl methyl sites for hydroxylation is 1. The Hall–Kier alpha value is -1.84. The number of nitrogens with one attached hydrogen (secondary N) is 1. The average Bonchev–Trinajstić information content (AvgIpc) is 2.31. The maximum Gasteiger partial charge on any atom is 0.336 e. The summed E-state index contributed by atoms with van der Waals surface area (Å²) in [5.41, 5.74) is 2.35. The number of carboxylic acid groups (broad SMARTS) is 1. The van der Waals surface area contributed by atoms with Crippen LogP contribution in [0, 0.1) is 25.7 Å². The maximum atomic E-state index is 12.0. The van der Waals surface area contributed by atoms with E-state index in [4.69, 9.17) is 5.11 Å². The Bertz CT molecular complexity index is 506. The molecule has 1 unspecified atom stereocenters. The molecule has 1 aromatic rings. The Morgan fingerprint density at radius 3 is 2.21 bits per heavy atom. The highest BCUT2D eigenvalue weighted by Crippen LogP contribution is 2.21. The molecular weight excluding hydrogens is 242 g/mol. The van der Waals surface area contributed by atoms with E-state index in [2.05, 4.69) is 5.32 Å². The third-order valence-electron chi connectivity index (χ3n) is 3.58. The van der Waals surface area contributed by atoms with Crippen LogP contribution in [0.4, 0.5) is 5.69 Å². The lowest BCUT2D eigenvalue weighted by atomic mass is 9.96. The molecule has 0 aliphatic carbocycles. The first-order valence-electron chi connectivity index (χ1n) is 6.39. The molecule has 0 saturated carbocycles. The molecule has 1 amide bonds. The van der Waals surface area contributed by atoms with Crippen molar-refractivity contribution in [1.82, 2.24) is 0 Å². The van der Waals surface area contributed by atoms with Gasteiger partial charge in [0.2, 0.25) is 5.91 Å². The lowest BCUT2D eigenvalue weighted by molar-refractivity contribution is -0.120. The van der Waals surface area contributed by atoms with Crippen LogP contribution in [0.1, 0.15) is 42.3 Å². The number of carbonyl (C=O) groups is 2. The molecule has 0 aliphatic rings. The number of rotatable bonds is 4. The van der Waals surface area contributed by atoms with Crippen molar-refractivity contribution < 1.29 is 14.7 Å². The van der Waals surface area contributed by atoms with Crippen molar-refractivity contribution in [3.63, 3.8) is 0 Å². The molecule has 1 atom stereocenters. The molecule has 4 nitrogen and oxygen atoms in total. The fourth-order valence-corrected chi connectivity index (χ4v) is 1.71. The molecule has 4 heteroatoms. The summed E-state index contributed by atoms with van der Waals surface area (Å²) in [6.45, 7) is 9.42. The van der Waals surface area contributed by atoms with Gasteiger partial charge < -0.3 is 10.4 Å². The van der Waals surface area contributed by atoms with Crippen LogP contribution in [0.5, 0.6) is 0 Å². The minimum absolute atomic E-state index is 0.0883. The predicted octanol–water partition coefficient (Wildman–Crippen LogP) is 3.23. The van der Waals surface area contributed by atoms with Gasteiger partial charge in [0.15, 0.2) is 0 Å². The third kappa shape index (κ3) is 3.56. The van der Waals surface area contributed by atoms with E-state index in [0.29, 0.717) is 5.69 Å². The number of anilines is 1. The molecule has 0 aromatic heterocycles. The normalized spacial score (nSPS) is 12.3. The molecule has 1 rings (SSSR count). The van der Waals surface area contributed by atoms with Gasteiger partial charge in [-0.15, -0.1) is 0 Å². The maximum absolute atomic E-state index is 12.0. The fourth-order valence-electron chi connectivity index (χ4n) is 1.71. The minimum atomic E-state index is -0.978. The minimum Gasteiger partial charge on any atom is -0.478 e. The fraction of sp³-hybridized carbons (Fsp3) is 0.467. The van der Waals surface area contributed by atoms with Crippen molar-refractivity contribution >= 4 is 17.6 Å². The molecule has 0 heterocycles. The van der Waals surface area contributed by atoms with Crippen LogP contribution in [0.15, 0.2) is 12.1 Å². The molecule has 0 bridgehead atoms. The van der Waals surface area contributed by atoms with Crippen LogP contribution in [0.3, 0.4) is 0 Å². The van der Waals surface area contributed by atoms with Crippen molar-refractivity contribution in [2.45, 2.75) is 34.6 Å². The highest BCUT2D eigenvalue weighted by molar-refractivity contribution is 5.96. The number of hydrogen-bond donors (Lipinski definition) is 2. The van der Waals surface area contributed by atoms with Crippen molar-refractivity contribution in [3.05, 3.63) is 28.8 Å². The second-order valence-corrected chi connectivity index (χ2v) is 5.29. The molecule has 0 aliphatic heterocycles. The van der Waals surface area contributed by atoms with E-state index in [0.717, 1.165) is 11.1 Å². The Balaban J connectivity index is 3.03. The number of amides is 1. The molecule has 2 N–H and O–H groups in total. The van der Waals surface area contributed by atoms with Gasteiger partial charge in [0, 0.05) is 11.6 Å². The lowest BCUT2D eigenvalue weighted by Gasteiger charge is -2.16. The van der Waals surface area contributed by atoms with Gasteiger partial charge in [0.1, 0.15) is 0 Å². The van der Waals surface area contributed by atoms with Gasteiger partial charge >= 0.3 is 5.97 Å². The summed E-state index contributed by atoms with van der Waals surface area (Å²) in [5, 5.41) is 11.9. The first-order valence-corrected chi connectivity index (χ1v) is 6.39. The second-order valence-electron chi connectivity index (χ2n) is 5.29. The van der Waals surface area contributed by atoms with Gasteiger partial charge in [-0.1, -0.05) is 20.8 Å². The van der Waals surface area contributed by atoms with Crippen molar-refractivity contribution in [2.24, 2.45) is 11.8 Å². The van der Waals surface area contributed by atoms with Gasteiger partial charge in [-0.3, -0.25) is 4.79 Å². The van der Waals surface area contributed by atoms with Gasteiger partial charge in [-0.25, -0.2) is 4.79 Å². The molecule has 0 spiro atoms. The van der Waals surface area contributed by atoms with E-state index in [9.17, 15) is 9.59 Å². The number of aromatic carboxylic acids is 1. The smallest absolute Gasteiger partial charge is 0.336 e. The third-order valence-corrected chi connectivity index (χ3v) is 3.58. The summed E-state index contributed by atoms with van der Waals surface area (Å²) in [6.07, 6.45) is 0. The van der Waals surface area contributed by atoms with Gasteiger partial charge in [-0.05, 0) is 43.0 Å². The Kier molecular flexibility index (Phi) is 4.70. The van der Waals surface area contributed by atoms with Crippen molar-refractivity contribution in [1.29, 1.82) is 0 Å². The number of hydrogen-bond acceptors (Lipinski definition) is 2. The number of carbonyl (C=O) groups excluding carboxylic acids is 1. The molecular formula is C15H21NO3. The molecule has 104 valence electrons. The van der Waals surface area contributed by atoms with Crippen molar-refractivity contribution in [2.75, 3.05) is 5.32 Å². The lowest BCUT2D eigenvalue weighted by Crippen LogP contribution is -2.24. The standard InChI is InChI=1S/C15H21NO3/c1-8(2)10(4)14(17)16-12-6-9(3)11(5)13(7-12)15(18)19/h6-8,10H,1-5H3,(H,16,17)(H,18,19). The van der Waals surface area contributed by atoms with E-state index in [1.807, 2.05) is 27.7 Å². The Labute approximate surface area is 113 Å². The Morgan fingerprint density at radius 1 is 1.16 bits per heavy atom. The Morgan fingerprint density at radius 2 is 1.74 bits per heavy atom. The zero-order valence-electron chi connectivity index (χ0n) is 12.1. The van der Waals surface area contributed by atoms with E-state index in [1.54, 1.807) is 13.0 Å². The van der Waals surface area contributed by atoms with E-state index in [1.165, 1.54) is 6.07 Å². The summed E-state index contributed by atoms with van der Waals surface area (Å²) in [7, 11) is 0. The van der Waals surface area contributed by atoms with Crippen LogP contribution in [0.25, 0.3) is 0 Å². The van der Waals surface area contributed by atoms with E-state index < -0.39 is 5.97 Å². The second kappa shape index (κ2) is 5.87. The highest BCUT2D eigenvalue weighted by Gasteiger charge is 2.18. The van der Waals surface area contributed by atoms with Crippen LogP contribution >= 0.6 is 0 Å². The summed E-state index contributed by atoms with van der Waals surface area (Å²) in [5.74, 6) is -0.941. The summed E-state index contributed by atoms with van der Waals surface area (Å²) in [4.78, 5) is 23.1. The van der Waals surface area contributed by atoms with Crippen LogP contribution in [0.2, 0.25) is 0 Å². The largest absolute Gasteiger partial charge is 0.478 e. The van der Waals surface area contributed by atoms with Crippen LogP contribution in [-0.2, 0) is 4.79 Å². The molecule has 19 heavy (non-hydrogen) atoms. The van der Waals surface area contributed by atoms with Crippen LogP contribution < -0.4 is 5.32 Å². The summed E-state index contributed by atoms with van der Waals surface area (Å²) >= 11 is 0. The summed E-state index contributed by atoms with van der Waals surface area (Å²) < 4.78 is 0. The zero-order chi connectivity index (χ0) is 14.7. The van der Waals surface area contributed by atoms with Crippen molar-refractivity contribution in [3.8, 4) is 0 Å². The van der Waals surface area contributed by atoms with E-state index in [-0.39, 0.29) is 23.3 Å². The van der Waals surface area contributed by atoms with E-state index >= 15 is 0 Å². The number of benzene rings is 1. The topological polar surface area (TPSA) is 66.4 Å². The quantitative estimate of drug-likeness (QED) is 0.876. The molecule has 0 fully saturated rings. The highest BCUT2D eigenvalue weighted by atomic mass is 16.4. The zero-order valence-corrected chi connectivity index (χ0v) is 12.1. The van der Waals surface area contributed by atoms with Gasteiger partial charge in [0.05, 0.1) is 5.56 Å². The molecule has 0 radical (unpaired) electrons. The van der Waals surface area contributed by atoms with Gasteiger partial charge in [0.25, 0.3) is 0 Å².